The number of amides is 2. The lowest BCUT2D eigenvalue weighted by atomic mass is 10.2. The van der Waals surface area contributed by atoms with Crippen molar-refractivity contribution in [3.8, 4) is 0 Å². The van der Waals surface area contributed by atoms with Crippen LogP contribution in [-0.2, 0) is 27.4 Å². The zero-order chi connectivity index (χ0) is 45.3. The van der Waals surface area contributed by atoms with Crippen molar-refractivity contribution in [1.29, 1.82) is 0 Å². The summed E-state index contributed by atoms with van der Waals surface area (Å²) in [5.74, 6) is 1.57. The van der Waals surface area contributed by atoms with Crippen LogP contribution < -0.4 is 24.2 Å². The van der Waals surface area contributed by atoms with Crippen LogP contribution in [0, 0.1) is 0 Å². The van der Waals surface area contributed by atoms with Gasteiger partial charge in [-0.1, -0.05) is 113 Å². The number of carbonyl (C=O) groups is 2. The Morgan fingerprint density at radius 3 is 1.82 bits per heavy atom. The molecule has 9 nitrogen and oxygen atoms in total. The smallest absolute Gasteiger partial charge is 0.282 e. The highest BCUT2D eigenvalue weighted by Crippen LogP contribution is 2.51. The lowest BCUT2D eigenvalue weighted by Crippen LogP contribution is -2.45. The minimum Gasteiger partial charge on any atom is -0.378 e. The summed E-state index contributed by atoms with van der Waals surface area (Å²) in [5, 5.41) is 1.14. The maximum absolute atomic E-state index is 14.8. The molecule has 2 amide bonds. The molecule has 0 saturated carbocycles. The molecule has 3 aliphatic heterocycles. The number of benzene rings is 6. The summed E-state index contributed by atoms with van der Waals surface area (Å²) in [6.07, 6.45) is 10.1. The van der Waals surface area contributed by atoms with Crippen molar-refractivity contribution in [3.63, 3.8) is 0 Å². The van der Waals surface area contributed by atoms with Gasteiger partial charge in [-0.2, -0.15) is 0 Å². The Kier molecular flexibility index (Phi) is 12.5. The average Bonchev–Trinajstić information content (AvgIpc) is 3.79. The summed E-state index contributed by atoms with van der Waals surface area (Å²) >= 11 is 16.4. The van der Waals surface area contributed by atoms with Gasteiger partial charge in [0.25, 0.3) is 17.6 Å². The van der Waals surface area contributed by atoms with E-state index in [0.717, 1.165) is 76.4 Å². The number of aromatic nitrogens is 2. The minimum atomic E-state index is -0.0904. The highest BCUT2D eigenvalue weighted by atomic mass is 35.5. The summed E-state index contributed by atoms with van der Waals surface area (Å²) in [6, 6.07) is 43.8. The van der Waals surface area contributed by atoms with E-state index in [4.69, 9.17) is 27.9 Å². The highest BCUT2D eigenvalue weighted by molar-refractivity contribution is 8.00. The van der Waals surface area contributed by atoms with E-state index < -0.39 is 0 Å². The van der Waals surface area contributed by atoms with E-state index in [-0.39, 0.29) is 24.9 Å². The first-order valence-electron chi connectivity index (χ1n) is 21.9. The zero-order valence-electron chi connectivity index (χ0n) is 36.3. The maximum atomic E-state index is 14.8. The molecule has 0 saturated heterocycles. The number of carbonyl (C=O) groups excluding carboxylic acids is 2. The highest BCUT2D eigenvalue weighted by Gasteiger charge is 2.36. The van der Waals surface area contributed by atoms with Gasteiger partial charge >= 0.3 is 0 Å². The number of anilines is 6. The fraction of sp³-hybridized carbons (Fsp3) is 0.151. The fourth-order valence-electron chi connectivity index (χ4n) is 8.94. The molecule has 0 bridgehead atoms. The zero-order valence-corrected chi connectivity index (χ0v) is 39.5. The van der Waals surface area contributed by atoms with Gasteiger partial charge in [0.05, 0.1) is 40.7 Å². The van der Waals surface area contributed by atoms with Gasteiger partial charge in [-0.25, -0.2) is 9.13 Å². The maximum Gasteiger partial charge on any atom is 0.282 e. The molecular formula is C53H45Cl2N6O3S2+. The number of ether oxygens (including phenoxy) is 1. The van der Waals surface area contributed by atoms with Crippen molar-refractivity contribution >= 4 is 110 Å². The van der Waals surface area contributed by atoms with E-state index in [2.05, 4.69) is 62.3 Å². The van der Waals surface area contributed by atoms with Crippen LogP contribution in [0.1, 0.15) is 19.7 Å². The molecule has 6 aromatic carbocycles. The molecule has 0 unspecified atom stereocenters. The fourth-order valence-corrected chi connectivity index (χ4v) is 11.3. The predicted octanol–water partition coefficient (Wildman–Crippen LogP) is 12.7. The molecule has 1 aromatic heterocycles. The predicted molar refractivity (Wildman–Crippen MR) is 270 cm³/mol. The molecule has 4 heterocycles. The summed E-state index contributed by atoms with van der Waals surface area (Å²) in [7, 11) is 0. The number of imidazole rings is 1. The van der Waals surface area contributed by atoms with Gasteiger partial charge in [0, 0.05) is 48.9 Å². The van der Waals surface area contributed by atoms with Crippen LogP contribution in [0.2, 0.25) is 10.0 Å². The molecule has 13 heteroatoms. The van der Waals surface area contributed by atoms with Gasteiger partial charge in [-0.15, -0.1) is 0 Å². The second-order valence-corrected chi connectivity index (χ2v) is 18.7. The topological polar surface area (TPSA) is 65.1 Å². The van der Waals surface area contributed by atoms with Crippen molar-refractivity contribution in [2.45, 2.75) is 46.5 Å². The van der Waals surface area contributed by atoms with Gasteiger partial charge in [-0.05, 0) is 105 Å². The van der Waals surface area contributed by atoms with Crippen molar-refractivity contribution in [2.24, 2.45) is 0 Å². The van der Waals surface area contributed by atoms with Crippen LogP contribution in [-0.4, -0.2) is 42.7 Å². The Morgan fingerprint density at radius 1 is 0.621 bits per heavy atom. The first-order valence-corrected chi connectivity index (χ1v) is 24.3. The lowest BCUT2D eigenvalue weighted by molar-refractivity contribution is -0.660. The Morgan fingerprint density at radius 2 is 1.18 bits per heavy atom. The Labute approximate surface area is 402 Å². The SMILES string of the molecule is CCOCCn1c(/C=C/C=C/C=C2\N(CC)c3ccccc3N2CC(=O)N2c3ccccc3Sc3ccc(Cl)cc32)[n+](CC(=O)N2c3ccccc3Sc3ccc(Cl)cc32)c2ccccc21. The summed E-state index contributed by atoms with van der Waals surface area (Å²) in [5.41, 5.74) is 7.13. The molecule has 0 atom stereocenters. The molecule has 0 fully saturated rings. The molecule has 0 N–H and O–H groups in total. The normalized spacial score (nSPS) is 14.6. The molecule has 0 aliphatic carbocycles. The Hall–Kier alpha value is -6.21. The first kappa shape index (κ1) is 43.7. The molecule has 330 valence electrons. The van der Waals surface area contributed by atoms with Gasteiger partial charge < -0.3 is 14.5 Å². The number of hydrogen-bond donors (Lipinski definition) is 0. The first-order chi connectivity index (χ1) is 32.3. The molecule has 10 rings (SSSR count). The molecule has 7 aromatic rings. The van der Waals surface area contributed by atoms with Gasteiger partial charge in [0.2, 0.25) is 0 Å². The van der Waals surface area contributed by atoms with Crippen molar-refractivity contribution < 1.29 is 18.9 Å². The Balaban J connectivity index is 0.990. The van der Waals surface area contributed by atoms with Crippen LogP contribution in [0.25, 0.3) is 17.1 Å². The van der Waals surface area contributed by atoms with E-state index >= 15 is 0 Å². The third-order valence-corrected chi connectivity index (χ3v) is 14.5. The summed E-state index contributed by atoms with van der Waals surface area (Å²) < 4.78 is 10.2. The van der Waals surface area contributed by atoms with E-state index in [1.165, 1.54) is 0 Å². The minimum absolute atomic E-state index is 0.0735. The summed E-state index contributed by atoms with van der Waals surface area (Å²) in [4.78, 5) is 41.4. The van der Waals surface area contributed by atoms with Crippen molar-refractivity contribution in [2.75, 3.05) is 45.9 Å². The Bertz CT molecular complexity index is 3130. The number of hydrogen-bond acceptors (Lipinski definition) is 7. The molecule has 0 radical (unpaired) electrons. The van der Waals surface area contributed by atoms with Crippen LogP contribution >= 0.6 is 46.7 Å². The van der Waals surface area contributed by atoms with Crippen molar-refractivity contribution in [3.05, 3.63) is 179 Å². The number of allylic oxidation sites excluding steroid dienone is 4. The van der Waals surface area contributed by atoms with E-state index in [1.807, 2.05) is 139 Å². The van der Waals surface area contributed by atoms with Crippen LogP contribution in [0.15, 0.2) is 183 Å². The standard InChI is InChI=1S/C53H45Cl2N6O3S2/c1-3-56-38-16-8-10-18-40(38)58(34-52(62)60-42-20-12-14-22-46(42)65-48-28-26-36(54)32-44(48)60)50(56)24-6-5-7-25-51-57(30-31-64-4-2)39-17-9-11-19-41(39)59(51)35-53(63)61-43-21-13-15-23-47(43)66-49-29-27-37(55)33-45(49)61/h5-29,32-33H,3-4,30-31,34-35H2,1-2H3/q+1. The van der Waals surface area contributed by atoms with Crippen LogP contribution in [0.5, 0.6) is 0 Å². The average molecular weight is 949 g/mol. The van der Waals surface area contributed by atoms with Gasteiger partial charge in [0.15, 0.2) is 17.6 Å². The molecule has 0 spiro atoms. The second kappa shape index (κ2) is 18.9. The van der Waals surface area contributed by atoms with E-state index in [0.29, 0.717) is 36.3 Å². The van der Waals surface area contributed by atoms with Crippen LogP contribution in [0.4, 0.5) is 34.1 Å². The molecule has 66 heavy (non-hydrogen) atoms. The quantitative estimate of drug-likeness (QED) is 0.0687. The molecular weight excluding hydrogens is 904 g/mol. The van der Waals surface area contributed by atoms with Crippen LogP contribution in [0.3, 0.4) is 0 Å². The lowest BCUT2D eigenvalue weighted by Gasteiger charge is -2.33. The third-order valence-electron chi connectivity index (χ3n) is 11.8. The number of rotatable bonds is 12. The number of halogens is 2. The van der Waals surface area contributed by atoms with Crippen molar-refractivity contribution in [1.82, 2.24) is 4.57 Å². The monoisotopic (exact) mass is 947 g/mol. The largest absolute Gasteiger partial charge is 0.378 e. The number of para-hydroxylation sites is 6. The third kappa shape index (κ3) is 8.20. The number of nitrogens with zero attached hydrogens (tertiary/aromatic N) is 6. The van der Waals surface area contributed by atoms with Gasteiger partial charge in [-0.3, -0.25) is 19.4 Å². The second-order valence-electron chi connectivity index (χ2n) is 15.7. The summed E-state index contributed by atoms with van der Waals surface area (Å²) in [6.45, 7) is 6.68. The molecule has 3 aliphatic rings. The van der Waals surface area contributed by atoms with E-state index in [1.54, 1.807) is 28.4 Å². The van der Waals surface area contributed by atoms with E-state index in [9.17, 15) is 9.59 Å². The number of fused-ring (bicyclic) bond motifs is 6. The van der Waals surface area contributed by atoms with Gasteiger partial charge in [0.1, 0.15) is 18.9 Å².